The monoisotopic (exact) mass is 190 g/mol. The van der Waals surface area contributed by atoms with Crippen LogP contribution in [0, 0.1) is 0 Å². The van der Waals surface area contributed by atoms with Crippen molar-refractivity contribution in [3.8, 4) is 5.75 Å². The van der Waals surface area contributed by atoms with Crippen molar-refractivity contribution in [3.63, 3.8) is 0 Å². The number of nitrogens with two attached hydrogens (primary N) is 1. The molecule has 0 amide bonds. The van der Waals surface area contributed by atoms with Gasteiger partial charge in [0.2, 0.25) is 0 Å². The van der Waals surface area contributed by atoms with Crippen molar-refractivity contribution in [3.05, 3.63) is 42.2 Å². The van der Waals surface area contributed by atoms with Crippen LogP contribution >= 0.6 is 0 Å². The largest absolute Gasteiger partial charge is 0.491 e. The zero-order valence-corrected chi connectivity index (χ0v) is 7.94. The first-order chi connectivity index (χ1) is 6.84. The Kier molecular flexibility index (Phi) is 2.58. The molecule has 0 saturated carbocycles. The molecule has 0 aliphatic carbocycles. The SMILES string of the molecule is NC1=CCC(COc2ccccc2)N1. The average molecular weight is 190 g/mol. The topological polar surface area (TPSA) is 47.3 Å². The van der Waals surface area contributed by atoms with Crippen molar-refractivity contribution < 1.29 is 4.74 Å². The summed E-state index contributed by atoms with van der Waals surface area (Å²) >= 11 is 0. The second-order valence-electron chi connectivity index (χ2n) is 3.36. The summed E-state index contributed by atoms with van der Waals surface area (Å²) < 4.78 is 5.59. The van der Waals surface area contributed by atoms with Gasteiger partial charge in [-0.15, -0.1) is 0 Å². The molecule has 1 atom stereocenters. The Morgan fingerprint density at radius 1 is 1.36 bits per heavy atom. The summed E-state index contributed by atoms with van der Waals surface area (Å²) in [6.07, 6.45) is 2.93. The van der Waals surface area contributed by atoms with Gasteiger partial charge in [0, 0.05) is 0 Å². The molecule has 74 valence electrons. The van der Waals surface area contributed by atoms with Crippen LogP contribution in [0.1, 0.15) is 6.42 Å². The molecule has 0 saturated heterocycles. The molecule has 14 heavy (non-hydrogen) atoms. The van der Waals surface area contributed by atoms with Crippen molar-refractivity contribution in [2.45, 2.75) is 12.5 Å². The zero-order valence-electron chi connectivity index (χ0n) is 7.94. The van der Waals surface area contributed by atoms with Gasteiger partial charge in [-0.3, -0.25) is 0 Å². The summed E-state index contributed by atoms with van der Waals surface area (Å²) in [5.41, 5.74) is 5.59. The maximum Gasteiger partial charge on any atom is 0.119 e. The van der Waals surface area contributed by atoms with Gasteiger partial charge in [0.05, 0.1) is 11.9 Å². The molecule has 1 aromatic carbocycles. The minimum atomic E-state index is 0.315. The van der Waals surface area contributed by atoms with Crippen LogP contribution < -0.4 is 15.8 Å². The lowest BCUT2D eigenvalue weighted by molar-refractivity contribution is 0.278. The molecule has 0 bridgehead atoms. The average Bonchev–Trinajstić information content (AvgIpc) is 2.63. The Morgan fingerprint density at radius 2 is 2.14 bits per heavy atom. The summed E-state index contributed by atoms with van der Waals surface area (Å²) in [6, 6.07) is 10.1. The van der Waals surface area contributed by atoms with Crippen molar-refractivity contribution in [1.82, 2.24) is 5.32 Å². The molecule has 1 unspecified atom stereocenters. The fraction of sp³-hybridized carbons (Fsp3) is 0.273. The minimum Gasteiger partial charge on any atom is -0.491 e. The van der Waals surface area contributed by atoms with Gasteiger partial charge in [0.25, 0.3) is 0 Å². The molecular weight excluding hydrogens is 176 g/mol. The van der Waals surface area contributed by atoms with Crippen LogP contribution in [0.5, 0.6) is 5.75 Å². The second-order valence-corrected chi connectivity index (χ2v) is 3.36. The first kappa shape index (κ1) is 8.94. The number of nitrogens with one attached hydrogen (secondary N) is 1. The number of para-hydroxylation sites is 1. The first-order valence-electron chi connectivity index (χ1n) is 4.74. The summed E-state index contributed by atoms with van der Waals surface area (Å²) in [7, 11) is 0. The van der Waals surface area contributed by atoms with E-state index >= 15 is 0 Å². The molecule has 3 heteroatoms. The van der Waals surface area contributed by atoms with Crippen LogP contribution in [0.3, 0.4) is 0 Å². The lowest BCUT2D eigenvalue weighted by Crippen LogP contribution is -2.31. The maximum atomic E-state index is 5.59. The fourth-order valence-corrected chi connectivity index (χ4v) is 1.45. The van der Waals surface area contributed by atoms with E-state index in [0.717, 1.165) is 18.0 Å². The lowest BCUT2D eigenvalue weighted by atomic mass is 10.2. The normalized spacial score (nSPS) is 20.0. The molecule has 1 aromatic rings. The van der Waals surface area contributed by atoms with Crippen molar-refractivity contribution >= 4 is 0 Å². The number of benzene rings is 1. The van der Waals surface area contributed by atoms with E-state index in [0.29, 0.717) is 12.6 Å². The molecule has 2 rings (SSSR count). The van der Waals surface area contributed by atoms with E-state index in [4.69, 9.17) is 10.5 Å². The van der Waals surface area contributed by atoms with E-state index in [1.807, 2.05) is 36.4 Å². The lowest BCUT2D eigenvalue weighted by Gasteiger charge is -2.13. The number of hydrogen-bond acceptors (Lipinski definition) is 3. The molecule has 3 nitrogen and oxygen atoms in total. The van der Waals surface area contributed by atoms with Gasteiger partial charge in [-0.05, 0) is 24.6 Å². The quantitative estimate of drug-likeness (QED) is 0.753. The van der Waals surface area contributed by atoms with Crippen LogP contribution in [0.25, 0.3) is 0 Å². The molecule has 1 aliphatic heterocycles. The van der Waals surface area contributed by atoms with Crippen molar-refractivity contribution in [2.75, 3.05) is 6.61 Å². The van der Waals surface area contributed by atoms with Crippen LogP contribution in [0.4, 0.5) is 0 Å². The summed E-state index contributed by atoms with van der Waals surface area (Å²) in [4.78, 5) is 0. The number of ether oxygens (including phenoxy) is 1. The first-order valence-corrected chi connectivity index (χ1v) is 4.74. The van der Waals surface area contributed by atoms with E-state index in [2.05, 4.69) is 5.32 Å². The summed E-state index contributed by atoms with van der Waals surface area (Å²) in [6.45, 7) is 0.654. The van der Waals surface area contributed by atoms with Gasteiger partial charge in [0.1, 0.15) is 12.4 Å². The van der Waals surface area contributed by atoms with Gasteiger partial charge in [-0.2, -0.15) is 0 Å². The third-order valence-electron chi connectivity index (χ3n) is 2.19. The summed E-state index contributed by atoms with van der Waals surface area (Å²) in [5, 5.41) is 3.14. The number of hydrogen-bond donors (Lipinski definition) is 2. The van der Waals surface area contributed by atoms with E-state index in [-0.39, 0.29) is 0 Å². The summed E-state index contributed by atoms with van der Waals surface area (Å²) in [5.74, 6) is 1.66. The van der Waals surface area contributed by atoms with Crippen molar-refractivity contribution in [1.29, 1.82) is 0 Å². The standard InChI is InChI=1S/C11H14N2O/c12-11-7-6-9(13-11)8-14-10-4-2-1-3-5-10/h1-5,7,9,13H,6,8,12H2. The van der Waals surface area contributed by atoms with Gasteiger partial charge in [-0.1, -0.05) is 18.2 Å². The molecule has 0 fully saturated rings. The van der Waals surface area contributed by atoms with Gasteiger partial charge < -0.3 is 15.8 Å². The third kappa shape index (κ3) is 2.19. The minimum absolute atomic E-state index is 0.315. The highest BCUT2D eigenvalue weighted by Gasteiger charge is 2.13. The van der Waals surface area contributed by atoms with E-state index in [9.17, 15) is 0 Å². The van der Waals surface area contributed by atoms with E-state index in [1.165, 1.54) is 0 Å². The smallest absolute Gasteiger partial charge is 0.119 e. The molecule has 1 heterocycles. The fourth-order valence-electron chi connectivity index (χ4n) is 1.45. The molecule has 1 aliphatic rings. The van der Waals surface area contributed by atoms with Gasteiger partial charge in [-0.25, -0.2) is 0 Å². The highest BCUT2D eigenvalue weighted by Crippen LogP contribution is 2.11. The van der Waals surface area contributed by atoms with Crippen LogP contribution in [0.2, 0.25) is 0 Å². The second kappa shape index (κ2) is 4.05. The highest BCUT2D eigenvalue weighted by molar-refractivity contribution is 5.21. The van der Waals surface area contributed by atoms with Gasteiger partial charge in [0.15, 0.2) is 0 Å². The Morgan fingerprint density at radius 3 is 2.79 bits per heavy atom. The molecule has 0 aromatic heterocycles. The predicted molar refractivity (Wildman–Crippen MR) is 55.7 cm³/mol. The predicted octanol–water partition coefficient (Wildman–Crippen LogP) is 1.23. The van der Waals surface area contributed by atoms with E-state index < -0.39 is 0 Å². The zero-order chi connectivity index (χ0) is 9.80. The van der Waals surface area contributed by atoms with Crippen molar-refractivity contribution in [2.24, 2.45) is 5.73 Å². The molecular formula is C11H14N2O. The molecule has 0 spiro atoms. The highest BCUT2D eigenvalue weighted by atomic mass is 16.5. The van der Waals surface area contributed by atoms with E-state index in [1.54, 1.807) is 0 Å². The third-order valence-corrected chi connectivity index (χ3v) is 2.19. The molecule has 3 N–H and O–H groups in total. The maximum absolute atomic E-state index is 5.59. The Hall–Kier alpha value is -1.64. The Balaban J connectivity index is 1.79. The van der Waals surface area contributed by atoms with Gasteiger partial charge >= 0.3 is 0 Å². The Bertz CT molecular complexity index is 321. The molecule has 0 radical (unpaired) electrons. The van der Waals surface area contributed by atoms with Crippen LogP contribution in [-0.4, -0.2) is 12.6 Å². The number of rotatable bonds is 3. The van der Waals surface area contributed by atoms with Crippen LogP contribution in [0.15, 0.2) is 42.2 Å². The van der Waals surface area contributed by atoms with Crippen LogP contribution in [-0.2, 0) is 0 Å². The Labute approximate surface area is 83.6 Å².